The Morgan fingerprint density at radius 2 is 2.00 bits per heavy atom. The molecule has 1 fully saturated rings. The average Bonchev–Trinajstić information content (AvgIpc) is 2.46. The monoisotopic (exact) mass is 320 g/mol. The van der Waals surface area contributed by atoms with E-state index >= 15 is 0 Å². The first-order valence-corrected chi connectivity index (χ1v) is 8.05. The molecular weight excluding hydrogens is 296 g/mol. The van der Waals surface area contributed by atoms with Crippen molar-refractivity contribution in [3.63, 3.8) is 0 Å². The molecule has 1 saturated carbocycles. The molecule has 0 bridgehead atoms. The molecule has 0 aromatic carbocycles. The first-order chi connectivity index (χ1) is 10.9. The summed E-state index contributed by atoms with van der Waals surface area (Å²) in [6.07, 6.45) is 4.40. The van der Waals surface area contributed by atoms with Crippen molar-refractivity contribution >= 4 is 11.9 Å². The van der Waals surface area contributed by atoms with Crippen LogP contribution < -0.4 is 10.9 Å². The second kappa shape index (κ2) is 7.44. The van der Waals surface area contributed by atoms with Crippen LogP contribution in [-0.4, -0.2) is 29.5 Å². The lowest BCUT2D eigenvalue weighted by molar-refractivity contribution is -0.125. The Hall–Kier alpha value is -2.11. The van der Waals surface area contributed by atoms with Crippen molar-refractivity contribution in [3.8, 4) is 0 Å². The minimum absolute atomic E-state index is 0.159. The second-order valence-electron chi connectivity index (χ2n) is 6.33. The van der Waals surface area contributed by atoms with Crippen LogP contribution in [0.3, 0.4) is 0 Å². The van der Waals surface area contributed by atoms with Gasteiger partial charge in [-0.3, -0.25) is 9.59 Å². The summed E-state index contributed by atoms with van der Waals surface area (Å²) in [7, 11) is 0. The van der Waals surface area contributed by atoms with Crippen molar-refractivity contribution in [2.75, 3.05) is 6.61 Å². The molecule has 0 saturated heterocycles. The quantitative estimate of drug-likeness (QED) is 0.829. The van der Waals surface area contributed by atoms with Gasteiger partial charge in [0.2, 0.25) is 5.56 Å². The summed E-state index contributed by atoms with van der Waals surface area (Å²) in [6.45, 7) is 5.13. The molecule has 6 nitrogen and oxygen atoms in total. The van der Waals surface area contributed by atoms with Crippen LogP contribution in [0.4, 0.5) is 0 Å². The fourth-order valence-electron chi connectivity index (χ4n) is 3.14. The highest BCUT2D eigenvalue weighted by atomic mass is 16.5. The number of amides is 1. The molecule has 1 aromatic heterocycles. The fourth-order valence-corrected chi connectivity index (χ4v) is 3.14. The minimum atomic E-state index is -0.594. The number of esters is 1. The molecule has 2 rings (SSSR count). The van der Waals surface area contributed by atoms with Gasteiger partial charge in [0.05, 0.1) is 5.56 Å². The number of nitrogens with one attached hydrogen (secondary N) is 2. The Morgan fingerprint density at radius 3 is 2.65 bits per heavy atom. The Kier molecular flexibility index (Phi) is 5.58. The number of ether oxygens (including phenoxy) is 1. The highest BCUT2D eigenvalue weighted by molar-refractivity contribution is 5.93. The summed E-state index contributed by atoms with van der Waals surface area (Å²) in [5, 5.41) is 2.94. The number of hydrogen-bond acceptors (Lipinski definition) is 4. The van der Waals surface area contributed by atoms with Crippen molar-refractivity contribution < 1.29 is 14.3 Å². The van der Waals surface area contributed by atoms with Gasteiger partial charge in [-0.15, -0.1) is 0 Å². The molecule has 1 aliphatic carbocycles. The third-order valence-corrected chi connectivity index (χ3v) is 4.42. The lowest BCUT2D eigenvalue weighted by Gasteiger charge is -2.29. The predicted molar refractivity (Wildman–Crippen MR) is 86.4 cm³/mol. The summed E-state index contributed by atoms with van der Waals surface area (Å²) < 4.78 is 5.10. The number of H-pyrrole nitrogens is 1. The molecule has 0 spiro atoms. The summed E-state index contributed by atoms with van der Waals surface area (Å²) in [5.74, 6) is -0.424. The maximum absolute atomic E-state index is 12.1. The van der Waals surface area contributed by atoms with Gasteiger partial charge in [-0.1, -0.05) is 19.8 Å². The first-order valence-electron chi connectivity index (χ1n) is 8.05. The van der Waals surface area contributed by atoms with Gasteiger partial charge in [0.1, 0.15) is 0 Å². The van der Waals surface area contributed by atoms with Gasteiger partial charge in [0.25, 0.3) is 5.91 Å². The van der Waals surface area contributed by atoms with E-state index in [1.807, 2.05) is 0 Å². The molecule has 2 atom stereocenters. The number of pyridine rings is 1. The summed E-state index contributed by atoms with van der Waals surface area (Å²) in [6, 6.07) is 1.50. The SMILES string of the molecule is Cc1cc(=O)[nH]c(C)c1C(=O)OCC(=O)N[C@H]1CCCC[C@H]1C. The van der Waals surface area contributed by atoms with Gasteiger partial charge in [0.15, 0.2) is 6.61 Å². The molecule has 1 aliphatic rings. The van der Waals surface area contributed by atoms with Crippen LogP contribution in [0.25, 0.3) is 0 Å². The van der Waals surface area contributed by atoms with E-state index < -0.39 is 5.97 Å². The summed E-state index contributed by atoms with van der Waals surface area (Å²) >= 11 is 0. The molecule has 1 amide bonds. The van der Waals surface area contributed by atoms with E-state index in [9.17, 15) is 14.4 Å². The highest BCUT2D eigenvalue weighted by Crippen LogP contribution is 2.23. The van der Waals surface area contributed by atoms with Crippen LogP contribution in [0.15, 0.2) is 10.9 Å². The second-order valence-corrected chi connectivity index (χ2v) is 6.33. The van der Waals surface area contributed by atoms with E-state index in [0.29, 0.717) is 22.7 Å². The normalized spacial score (nSPS) is 20.8. The lowest BCUT2D eigenvalue weighted by atomic mass is 9.86. The molecule has 0 unspecified atom stereocenters. The van der Waals surface area contributed by atoms with Crippen LogP contribution in [0.2, 0.25) is 0 Å². The maximum Gasteiger partial charge on any atom is 0.340 e. The number of hydrogen-bond donors (Lipinski definition) is 2. The Bertz CT molecular complexity index is 624. The van der Waals surface area contributed by atoms with E-state index in [1.165, 1.54) is 12.5 Å². The molecule has 126 valence electrons. The molecule has 0 radical (unpaired) electrons. The van der Waals surface area contributed by atoms with Gasteiger partial charge >= 0.3 is 5.97 Å². The zero-order valence-corrected chi connectivity index (χ0v) is 13.9. The van der Waals surface area contributed by atoms with E-state index in [0.717, 1.165) is 19.3 Å². The van der Waals surface area contributed by atoms with Crippen molar-refractivity contribution in [1.29, 1.82) is 0 Å². The number of aryl methyl sites for hydroxylation is 2. The molecule has 1 aromatic rings. The van der Waals surface area contributed by atoms with Crippen LogP contribution in [0.1, 0.15) is 54.2 Å². The molecular formula is C17H24N2O4. The molecule has 6 heteroatoms. The van der Waals surface area contributed by atoms with Crippen molar-refractivity contribution in [2.24, 2.45) is 5.92 Å². The van der Waals surface area contributed by atoms with E-state index in [-0.39, 0.29) is 24.1 Å². The van der Waals surface area contributed by atoms with Crippen LogP contribution in [-0.2, 0) is 9.53 Å². The zero-order chi connectivity index (χ0) is 17.0. The van der Waals surface area contributed by atoms with Gasteiger partial charge < -0.3 is 15.0 Å². The van der Waals surface area contributed by atoms with Crippen LogP contribution in [0.5, 0.6) is 0 Å². The van der Waals surface area contributed by atoms with Gasteiger partial charge in [-0.05, 0) is 38.2 Å². The Morgan fingerprint density at radius 1 is 1.30 bits per heavy atom. The van der Waals surface area contributed by atoms with Crippen molar-refractivity contribution in [2.45, 2.75) is 52.5 Å². The van der Waals surface area contributed by atoms with Crippen LogP contribution in [0, 0.1) is 19.8 Å². The minimum Gasteiger partial charge on any atom is -0.452 e. The number of aromatic amines is 1. The highest BCUT2D eigenvalue weighted by Gasteiger charge is 2.23. The maximum atomic E-state index is 12.1. The Balaban J connectivity index is 1.91. The van der Waals surface area contributed by atoms with Gasteiger partial charge in [-0.2, -0.15) is 0 Å². The smallest absolute Gasteiger partial charge is 0.340 e. The fraction of sp³-hybridized carbons (Fsp3) is 0.588. The van der Waals surface area contributed by atoms with Crippen LogP contribution >= 0.6 is 0 Å². The van der Waals surface area contributed by atoms with E-state index in [4.69, 9.17) is 4.74 Å². The summed E-state index contributed by atoms with van der Waals surface area (Å²) in [5.41, 5.74) is 1.03. The zero-order valence-electron chi connectivity index (χ0n) is 13.9. The third kappa shape index (κ3) is 4.43. The molecule has 2 N–H and O–H groups in total. The van der Waals surface area contributed by atoms with Gasteiger partial charge in [-0.25, -0.2) is 4.79 Å². The topological polar surface area (TPSA) is 88.3 Å². The van der Waals surface area contributed by atoms with Gasteiger partial charge in [0, 0.05) is 17.8 Å². The first kappa shape index (κ1) is 17.2. The third-order valence-electron chi connectivity index (χ3n) is 4.42. The van der Waals surface area contributed by atoms with Crippen molar-refractivity contribution in [1.82, 2.24) is 10.3 Å². The lowest BCUT2D eigenvalue weighted by Crippen LogP contribution is -2.43. The summed E-state index contributed by atoms with van der Waals surface area (Å²) in [4.78, 5) is 38.0. The molecule has 0 aliphatic heterocycles. The largest absolute Gasteiger partial charge is 0.452 e. The number of rotatable bonds is 4. The molecule has 23 heavy (non-hydrogen) atoms. The predicted octanol–water partition coefficient (Wildman–Crippen LogP) is 1.84. The number of aromatic nitrogens is 1. The van der Waals surface area contributed by atoms with E-state index in [1.54, 1.807) is 13.8 Å². The van der Waals surface area contributed by atoms with Crippen molar-refractivity contribution in [3.05, 3.63) is 33.2 Å². The Labute approximate surface area is 135 Å². The number of carbonyl (C=O) groups is 2. The molecule has 1 heterocycles. The van der Waals surface area contributed by atoms with E-state index in [2.05, 4.69) is 17.2 Å². The average molecular weight is 320 g/mol. The standard InChI is InChI=1S/C17H24N2O4/c1-10-6-4-5-7-13(10)19-15(21)9-23-17(22)16-11(2)8-14(20)18-12(16)3/h8,10,13H,4-7,9H2,1-3H3,(H,18,20)(H,19,21)/t10-,13+/m1/s1. The number of carbonyl (C=O) groups excluding carboxylic acids is 2.